The van der Waals surface area contributed by atoms with Gasteiger partial charge in [-0.05, 0) is 48.6 Å². The molecule has 6 nitrogen and oxygen atoms in total. The topological polar surface area (TPSA) is 80.3 Å². The second-order valence-corrected chi connectivity index (χ2v) is 8.12. The Hall–Kier alpha value is -3.10. The molecular weight excluding hydrogens is 423 g/mol. The van der Waals surface area contributed by atoms with Crippen LogP contribution in [-0.4, -0.2) is 29.5 Å². The van der Waals surface area contributed by atoms with Gasteiger partial charge in [-0.25, -0.2) is 9.78 Å². The van der Waals surface area contributed by atoms with Crippen molar-refractivity contribution in [3.05, 3.63) is 53.7 Å². The summed E-state index contributed by atoms with van der Waals surface area (Å²) in [4.78, 5) is 28.8. The molecule has 2 N–H and O–H groups in total. The van der Waals surface area contributed by atoms with Gasteiger partial charge >= 0.3 is 12.1 Å². The largest absolute Gasteiger partial charge is 0.452 e. The summed E-state index contributed by atoms with van der Waals surface area (Å²) in [5.41, 5.74) is -0.700. The molecular formula is C23H26F3N3O3. The molecule has 0 unspecified atom stereocenters. The van der Waals surface area contributed by atoms with Gasteiger partial charge in [-0.1, -0.05) is 32.8 Å². The molecule has 1 saturated carbocycles. The SMILES string of the molecule is C[C@H]1[C@H](C)CCC[C@H]1NC(=O)COC(=O)c1cccnc1Nc1cccc(C(F)(F)F)c1. The van der Waals surface area contributed by atoms with Crippen LogP contribution in [0.1, 0.15) is 49.0 Å². The Labute approximate surface area is 184 Å². The van der Waals surface area contributed by atoms with Crippen LogP contribution < -0.4 is 10.6 Å². The Balaban J connectivity index is 1.63. The first-order valence-corrected chi connectivity index (χ1v) is 10.5. The number of pyridine rings is 1. The third-order valence-corrected chi connectivity index (χ3v) is 5.87. The van der Waals surface area contributed by atoms with Gasteiger partial charge in [0.05, 0.1) is 5.56 Å². The van der Waals surface area contributed by atoms with Crippen molar-refractivity contribution in [1.82, 2.24) is 10.3 Å². The van der Waals surface area contributed by atoms with Crippen LogP contribution in [0, 0.1) is 11.8 Å². The summed E-state index contributed by atoms with van der Waals surface area (Å²) in [5.74, 6) is -0.304. The van der Waals surface area contributed by atoms with Gasteiger partial charge in [0.25, 0.3) is 5.91 Å². The van der Waals surface area contributed by atoms with Crippen molar-refractivity contribution in [3.8, 4) is 0 Å². The summed E-state index contributed by atoms with van der Waals surface area (Å²) in [7, 11) is 0. The normalized spacial score (nSPS) is 21.0. The fraction of sp³-hybridized carbons (Fsp3) is 0.435. The van der Waals surface area contributed by atoms with Gasteiger partial charge in [0.1, 0.15) is 11.4 Å². The maximum atomic E-state index is 12.9. The number of amides is 1. The molecule has 172 valence electrons. The van der Waals surface area contributed by atoms with Crippen LogP contribution in [0.15, 0.2) is 42.6 Å². The molecule has 0 radical (unpaired) electrons. The van der Waals surface area contributed by atoms with Crippen molar-refractivity contribution in [1.29, 1.82) is 0 Å². The minimum Gasteiger partial charge on any atom is -0.452 e. The van der Waals surface area contributed by atoms with Crippen LogP contribution in [0.25, 0.3) is 0 Å². The van der Waals surface area contributed by atoms with Crippen LogP contribution in [0.2, 0.25) is 0 Å². The zero-order chi connectivity index (χ0) is 23.3. The number of ether oxygens (including phenoxy) is 1. The van der Waals surface area contributed by atoms with Gasteiger partial charge in [0.15, 0.2) is 6.61 Å². The molecule has 32 heavy (non-hydrogen) atoms. The first-order chi connectivity index (χ1) is 15.1. The highest BCUT2D eigenvalue weighted by atomic mass is 19.4. The number of nitrogens with zero attached hydrogens (tertiary/aromatic N) is 1. The maximum absolute atomic E-state index is 12.9. The fourth-order valence-electron chi connectivity index (χ4n) is 3.82. The van der Waals surface area contributed by atoms with Crippen LogP contribution in [-0.2, 0) is 15.7 Å². The predicted octanol–water partition coefficient (Wildman–Crippen LogP) is 4.94. The first kappa shape index (κ1) is 23.6. The van der Waals surface area contributed by atoms with E-state index < -0.39 is 24.3 Å². The number of anilines is 2. The molecule has 0 spiro atoms. The summed E-state index contributed by atoms with van der Waals surface area (Å²) in [6.07, 6.45) is -0.0455. The summed E-state index contributed by atoms with van der Waals surface area (Å²) in [6, 6.07) is 7.52. The Bertz CT molecular complexity index is 965. The van der Waals surface area contributed by atoms with E-state index in [0.717, 1.165) is 31.4 Å². The van der Waals surface area contributed by atoms with Gasteiger partial charge in [-0.3, -0.25) is 4.79 Å². The number of benzene rings is 1. The van der Waals surface area contributed by atoms with E-state index in [9.17, 15) is 22.8 Å². The Morgan fingerprint density at radius 3 is 2.69 bits per heavy atom. The van der Waals surface area contributed by atoms with Gasteiger partial charge in [0.2, 0.25) is 0 Å². The van der Waals surface area contributed by atoms with Gasteiger partial charge in [-0.15, -0.1) is 0 Å². The molecule has 1 aromatic heterocycles. The molecule has 1 amide bonds. The number of rotatable bonds is 6. The van der Waals surface area contributed by atoms with Crippen LogP contribution in [0.5, 0.6) is 0 Å². The Kier molecular flexibility index (Phi) is 7.37. The number of carbonyl (C=O) groups excluding carboxylic acids is 2. The van der Waals surface area contributed by atoms with E-state index in [2.05, 4.69) is 29.5 Å². The predicted molar refractivity (Wildman–Crippen MR) is 113 cm³/mol. The number of esters is 1. The van der Waals surface area contributed by atoms with E-state index in [1.807, 2.05) is 0 Å². The lowest BCUT2D eigenvalue weighted by atomic mass is 9.78. The van der Waals surface area contributed by atoms with Crippen molar-refractivity contribution < 1.29 is 27.5 Å². The van der Waals surface area contributed by atoms with E-state index in [4.69, 9.17) is 4.74 Å². The van der Waals surface area contributed by atoms with E-state index in [0.29, 0.717) is 11.8 Å². The van der Waals surface area contributed by atoms with E-state index in [-0.39, 0.29) is 29.0 Å². The second kappa shape index (κ2) is 10.0. The van der Waals surface area contributed by atoms with E-state index in [1.54, 1.807) is 0 Å². The average Bonchev–Trinajstić information content (AvgIpc) is 2.75. The standard InChI is InChI=1S/C23H26F3N3O3/c1-14-6-3-10-19(15(14)2)29-20(30)13-32-22(31)18-9-5-11-27-21(18)28-17-8-4-7-16(12-17)23(24,25)26/h4-5,7-9,11-12,14-15,19H,3,6,10,13H2,1-2H3,(H,27,28)(H,29,30)/t14-,15+,19-/m1/s1. The number of halogens is 3. The van der Waals surface area contributed by atoms with Crippen LogP contribution >= 0.6 is 0 Å². The lowest BCUT2D eigenvalue weighted by Crippen LogP contribution is -2.45. The fourth-order valence-corrected chi connectivity index (χ4v) is 3.82. The highest BCUT2D eigenvalue weighted by molar-refractivity contribution is 5.96. The Morgan fingerprint density at radius 2 is 1.94 bits per heavy atom. The Morgan fingerprint density at radius 1 is 1.16 bits per heavy atom. The van der Waals surface area contributed by atoms with Crippen molar-refractivity contribution in [2.24, 2.45) is 11.8 Å². The number of carbonyl (C=O) groups is 2. The lowest BCUT2D eigenvalue weighted by Gasteiger charge is -2.34. The molecule has 2 aromatic rings. The average molecular weight is 449 g/mol. The summed E-state index contributed by atoms with van der Waals surface area (Å²) < 4.78 is 44.0. The van der Waals surface area contributed by atoms with Crippen molar-refractivity contribution in [2.45, 2.75) is 45.3 Å². The third kappa shape index (κ3) is 5.99. The quantitative estimate of drug-likeness (QED) is 0.611. The zero-order valence-corrected chi connectivity index (χ0v) is 17.9. The van der Waals surface area contributed by atoms with Crippen molar-refractivity contribution in [2.75, 3.05) is 11.9 Å². The van der Waals surface area contributed by atoms with Crippen LogP contribution in [0.4, 0.5) is 24.7 Å². The number of aromatic nitrogens is 1. The molecule has 1 heterocycles. The zero-order valence-electron chi connectivity index (χ0n) is 17.9. The van der Waals surface area contributed by atoms with Crippen molar-refractivity contribution >= 4 is 23.4 Å². The first-order valence-electron chi connectivity index (χ1n) is 10.5. The van der Waals surface area contributed by atoms with Gasteiger partial charge < -0.3 is 15.4 Å². The van der Waals surface area contributed by atoms with E-state index >= 15 is 0 Å². The monoisotopic (exact) mass is 449 g/mol. The molecule has 0 aliphatic heterocycles. The number of hydrogen-bond acceptors (Lipinski definition) is 5. The highest BCUT2D eigenvalue weighted by Crippen LogP contribution is 2.32. The summed E-state index contributed by atoms with van der Waals surface area (Å²) >= 11 is 0. The molecule has 1 fully saturated rings. The van der Waals surface area contributed by atoms with Gasteiger partial charge in [0, 0.05) is 17.9 Å². The molecule has 0 saturated heterocycles. The van der Waals surface area contributed by atoms with Crippen molar-refractivity contribution in [3.63, 3.8) is 0 Å². The molecule has 3 atom stereocenters. The number of nitrogens with one attached hydrogen (secondary N) is 2. The van der Waals surface area contributed by atoms with Gasteiger partial charge in [-0.2, -0.15) is 13.2 Å². The van der Waals surface area contributed by atoms with E-state index in [1.165, 1.54) is 30.5 Å². The van der Waals surface area contributed by atoms with Crippen LogP contribution in [0.3, 0.4) is 0 Å². The molecule has 1 aliphatic carbocycles. The third-order valence-electron chi connectivity index (χ3n) is 5.87. The highest BCUT2D eigenvalue weighted by Gasteiger charge is 2.31. The lowest BCUT2D eigenvalue weighted by molar-refractivity contribution is -0.137. The summed E-state index contributed by atoms with van der Waals surface area (Å²) in [5, 5.41) is 5.64. The smallest absolute Gasteiger partial charge is 0.416 e. The minimum absolute atomic E-state index is 0.0115. The number of hydrogen-bond donors (Lipinski definition) is 2. The summed E-state index contributed by atoms with van der Waals surface area (Å²) in [6.45, 7) is 3.81. The minimum atomic E-state index is -4.50. The second-order valence-electron chi connectivity index (χ2n) is 8.12. The number of alkyl halides is 3. The molecule has 3 rings (SSSR count). The molecule has 1 aliphatic rings. The maximum Gasteiger partial charge on any atom is 0.416 e. The molecule has 0 bridgehead atoms. The molecule has 1 aromatic carbocycles. The molecule has 9 heteroatoms.